The van der Waals surface area contributed by atoms with Crippen LogP contribution in [0.5, 0.6) is 17.2 Å². The highest BCUT2D eigenvalue weighted by Crippen LogP contribution is 2.34. The van der Waals surface area contributed by atoms with Crippen LogP contribution in [-0.2, 0) is 14.3 Å². The highest BCUT2D eigenvalue weighted by Gasteiger charge is 2.22. The van der Waals surface area contributed by atoms with Crippen LogP contribution in [0.1, 0.15) is 36.6 Å². The molecule has 1 aliphatic heterocycles. The normalized spacial score (nSPS) is 13.5. The third-order valence-electron chi connectivity index (χ3n) is 4.95. The fourth-order valence-electron chi connectivity index (χ4n) is 3.39. The first-order valence-corrected chi connectivity index (χ1v) is 10.4. The number of hydrogen-bond acceptors (Lipinski definition) is 6. The summed E-state index contributed by atoms with van der Waals surface area (Å²) in [6.45, 7) is 8.29. The molecular weight excluding hydrogens is 398 g/mol. The first-order valence-electron chi connectivity index (χ1n) is 10.4. The standard InChI is InChI=1S/C24H29NO6/c1-15(2)24(18-6-8-20-21(12-18)29-10-9-28-20)25-22(26)13-31-23(27)14-30-19-7-5-16(3)11-17(19)4/h5-8,11-12,15,24H,9-10,13-14H2,1-4H3,(H,25,26)/t24-/m0/s1. The molecule has 1 amide bonds. The van der Waals surface area contributed by atoms with Crippen molar-refractivity contribution in [3.63, 3.8) is 0 Å². The largest absolute Gasteiger partial charge is 0.486 e. The summed E-state index contributed by atoms with van der Waals surface area (Å²) < 4.78 is 21.8. The van der Waals surface area contributed by atoms with E-state index in [-0.39, 0.29) is 31.1 Å². The molecule has 0 radical (unpaired) electrons. The minimum atomic E-state index is -0.601. The Morgan fingerprint density at radius 2 is 1.74 bits per heavy atom. The molecule has 0 saturated heterocycles. The van der Waals surface area contributed by atoms with Gasteiger partial charge in [-0.05, 0) is 49.1 Å². The smallest absolute Gasteiger partial charge is 0.344 e. The van der Waals surface area contributed by atoms with E-state index in [1.54, 1.807) is 0 Å². The molecule has 0 spiro atoms. The van der Waals surface area contributed by atoms with Crippen LogP contribution in [0.25, 0.3) is 0 Å². The highest BCUT2D eigenvalue weighted by molar-refractivity contribution is 5.81. The number of rotatable bonds is 8. The third kappa shape index (κ3) is 6.13. The average molecular weight is 427 g/mol. The molecule has 0 bridgehead atoms. The number of hydrogen-bond donors (Lipinski definition) is 1. The lowest BCUT2D eigenvalue weighted by molar-refractivity contribution is -0.150. The minimum absolute atomic E-state index is 0.120. The van der Waals surface area contributed by atoms with Crippen LogP contribution >= 0.6 is 0 Å². The van der Waals surface area contributed by atoms with Gasteiger partial charge < -0.3 is 24.3 Å². The summed E-state index contributed by atoms with van der Waals surface area (Å²) in [5, 5.41) is 2.93. The Morgan fingerprint density at radius 3 is 2.45 bits per heavy atom. The van der Waals surface area contributed by atoms with Crippen molar-refractivity contribution in [2.75, 3.05) is 26.4 Å². The quantitative estimate of drug-likeness (QED) is 0.649. The molecule has 1 atom stereocenters. The van der Waals surface area contributed by atoms with Crippen molar-refractivity contribution >= 4 is 11.9 Å². The number of carbonyl (C=O) groups excluding carboxylic acids is 2. The maximum atomic E-state index is 12.4. The van der Waals surface area contributed by atoms with Crippen LogP contribution in [-0.4, -0.2) is 38.3 Å². The van der Waals surface area contributed by atoms with E-state index in [4.69, 9.17) is 18.9 Å². The van der Waals surface area contributed by atoms with Crippen molar-refractivity contribution in [2.24, 2.45) is 5.92 Å². The summed E-state index contributed by atoms with van der Waals surface area (Å²) in [5.41, 5.74) is 2.95. The lowest BCUT2D eigenvalue weighted by Gasteiger charge is -2.25. The fourth-order valence-corrected chi connectivity index (χ4v) is 3.39. The Kier molecular flexibility index (Phi) is 7.39. The first kappa shape index (κ1) is 22.5. The Hall–Kier alpha value is -3.22. The van der Waals surface area contributed by atoms with Crippen LogP contribution in [0, 0.1) is 19.8 Å². The summed E-state index contributed by atoms with van der Waals surface area (Å²) in [6.07, 6.45) is 0. The molecule has 0 saturated carbocycles. The molecule has 31 heavy (non-hydrogen) atoms. The molecule has 2 aromatic carbocycles. The van der Waals surface area contributed by atoms with Gasteiger partial charge in [0.2, 0.25) is 0 Å². The summed E-state index contributed by atoms with van der Waals surface area (Å²) in [4.78, 5) is 24.4. The zero-order valence-electron chi connectivity index (χ0n) is 18.4. The monoisotopic (exact) mass is 427 g/mol. The molecule has 0 unspecified atom stereocenters. The van der Waals surface area contributed by atoms with Crippen molar-refractivity contribution in [3.8, 4) is 17.2 Å². The molecule has 7 heteroatoms. The van der Waals surface area contributed by atoms with Gasteiger partial charge >= 0.3 is 5.97 Å². The molecule has 166 valence electrons. The number of aryl methyl sites for hydroxylation is 2. The summed E-state index contributed by atoms with van der Waals surface area (Å²) in [6, 6.07) is 11.1. The number of fused-ring (bicyclic) bond motifs is 1. The highest BCUT2D eigenvalue weighted by atomic mass is 16.6. The van der Waals surface area contributed by atoms with E-state index in [0.29, 0.717) is 30.5 Å². The van der Waals surface area contributed by atoms with E-state index in [1.165, 1.54) is 0 Å². The molecule has 3 rings (SSSR count). The number of esters is 1. The minimum Gasteiger partial charge on any atom is -0.486 e. The molecule has 0 aromatic heterocycles. The molecular formula is C24H29NO6. The topological polar surface area (TPSA) is 83.1 Å². The van der Waals surface area contributed by atoms with Gasteiger partial charge in [0.1, 0.15) is 19.0 Å². The van der Waals surface area contributed by atoms with Gasteiger partial charge in [0, 0.05) is 0 Å². The molecule has 2 aromatic rings. The maximum Gasteiger partial charge on any atom is 0.344 e. The summed E-state index contributed by atoms with van der Waals surface area (Å²) in [7, 11) is 0. The van der Waals surface area contributed by atoms with E-state index in [0.717, 1.165) is 16.7 Å². The van der Waals surface area contributed by atoms with Gasteiger partial charge in [-0.1, -0.05) is 37.6 Å². The van der Waals surface area contributed by atoms with Crippen molar-refractivity contribution in [1.29, 1.82) is 0 Å². The zero-order chi connectivity index (χ0) is 22.4. The second-order valence-electron chi connectivity index (χ2n) is 7.91. The van der Waals surface area contributed by atoms with Crippen LogP contribution in [0.3, 0.4) is 0 Å². The van der Waals surface area contributed by atoms with Crippen LogP contribution in [0.2, 0.25) is 0 Å². The molecule has 1 heterocycles. The Morgan fingerprint density at radius 1 is 1.00 bits per heavy atom. The van der Waals surface area contributed by atoms with Gasteiger partial charge in [0.25, 0.3) is 5.91 Å². The van der Waals surface area contributed by atoms with E-state index in [2.05, 4.69) is 5.32 Å². The molecule has 0 fully saturated rings. The number of amides is 1. The maximum absolute atomic E-state index is 12.4. The Labute approximate surface area is 182 Å². The number of carbonyl (C=O) groups is 2. The third-order valence-corrected chi connectivity index (χ3v) is 4.95. The molecule has 7 nitrogen and oxygen atoms in total. The number of ether oxygens (including phenoxy) is 4. The second kappa shape index (κ2) is 10.2. The van der Waals surface area contributed by atoms with Crippen molar-refractivity contribution < 1.29 is 28.5 Å². The van der Waals surface area contributed by atoms with Gasteiger partial charge in [-0.3, -0.25) is 4.79 Å². The first-order chi connectivity index (χ1) is 14.8. The fraction of sp³-hybridized carbons (Fsp3) is 0.417. The predicted molar refractivity (Wildman–Crippen MR) is 116 cm³/mol. The van der Waals surface area contributed by atoms with Gasteiger partial charge in [-0.15, -0.1) is 0 Å². The lowest BCUT2D eigenvalue weighted by Crippen LogP contribution is -2.35. The van der Waals surface area contributed by atoms with E-state index >= 15 is 0 Å². The van der Waals surface area contributed by atoms with Gasteiger partial charge in [0.05, 0.1) is 6.04 Å². The van der Waals surface area contributed by atoms with Crippen molar-refractivity contribution in [1.82, 2.24) is 5.32 Å². The molecule has 1 aliphatic rings. The van der Waals surface area contributed by atoms with Crippen LogP contribution in [0.15, 0.2) is 36.4 Å². The lowest BCUT2D eigenvalue weighted by atomic mass is 9.95. The Bertz CT molecular complexity index is 940. The molecule has 0 aliphatic carbocycles. The van der Waals surface area contributed by atoms with Crippen LogP contribution < -0.4 is 19.5 Å². The summed E-state index contributed by atoms with van der Waals surface area (Å²) >= 11 is 0. The van der Waals surface area contributed by atoms with E-state index < -0.39 is 5.97 Å². The predicted octanol–water partition coefficient (Wildman–Crippen LogP) is 3.51. The van der Waals surface area contributed by atoms with E-state index in [9.17, 15) is 9.59 Å². The van der Waals surface area contributed by atoms with Gasteiger partial charge in [0.15, 0.2) is 24.7 Å². The zero-order valence-corrected chi connectivity index (χ0v) is 18.4. The van der Waals surface area contributed by atoms with Gasteiger partial charge in [-0.2, -0.15) is 0 Å². The van der Waals surface area contributed by atoms with Crippen molar-refractivity contribution in [2.45, 2.75) is 33.7 Å². The van der Waals surface area contributed by atoms with Gasteiger partial charge in [-0.25, -0.2) is 4.79 Å². The van der Waals surface area contributed by atoms with Crippen LogP contribution in [0.4, 0.5) is 0 Å². The number of benzene rings is 2. The SMILES string of the molecule is Cc1ccc(OCC(=O)OCC(=O)N[C@H](c2ccc3c(c2)OCCO3)C(C)C)c(C)c1. The summed E-state index contributed by atoms with van der Waals surface area (Å²) in [5.74, 6) is 1.12. The molecule has 1 N–H and O–H groups in total. The van der Waals surface area contributed by atoms with E-state index in [1.807, 2.05) is 64.1 Å². The number of nitrogens with one attached hydrogen (secondary N) is 1. The average Bonchev–Trinajstić information content (AvgIpc) is 2.75. The van der Waals surface area contributed by atoms with Crippen molar-refractivity contribution in [3.05, 3.63) is 53.1 Å². The second-order valence-corrected chi connectivity index (χ2v) is 7.91. The Balaban J connectivity index is 1.51.